The molecule has 0 fully saturated rings. The molecular weight excluding hydrogens is 319 g/mol. The van der Waals surface area contributed by atoms with E-state index in [1.165, 1.54) is 11.3 Å². The van der Waals surface area contributed by atoms with Crippen LogP contribution in [0.1, 0.15) is 23.0 Å². The van der Waals surface area contributed by atoms with E-state index < -0.39 is 5.97 Å². The summed E-state index contributed by atoms with van der Waals surface area (Å²) in [6.07, 6.45) is 0. The zero-order chi connectivity index (χ0) is 14.7. The highest BCUT2D eigenvalue weighted by Crippen LogP contribution is 2.35. The number of esters is 1. The second-order valence-corrected chi connectivity index (χ2v) is 5.58. The van der Waals surface area contributed by atoms with Gasteiger partial charge in [-0.15, -0.1) is 11.3 Å². The SMILES string of the molecule is CCOC(=O)c1csc(Nc2c(Cl)ccc(C)c2Cl)n1. The average molecular weight is 331 g/mol. The van der Waals surface area contributed by atoms with E-state index in [-0.39, 0.29) is 5.69 Å². The Bertz CT molecular complexity index is 643. The third-order valence-corrected chi connectivity index (χ3v) is 4.06. The van der Waals surface area contributed by atoms with Gasteiger partial charge in [0.05, 0.1) is 22.3 Å². The molecule has 7 heteroatoms. The largest absolute Gasteiger partial charge is 0.461 e. The molecule has 0 atom stereocenters. The summed E-state index contributed by atoms with van der Waals surface area (Å²) in [7, 11) is 0. The molecule has 4 nitrogen and oxygen atoms in total. The minimum Gasteiger partial charge on any atom is -0.461 e. The molecule has 0 amide bonds. The molecule has 2 rings (SSSR count). The summed E-state index contributed by atoms with van der Waals surface area (Å²) < 4.78 is 4.88. The van der Waals surface area contributed by atoms with Crippen LogP contribution < -0.4 is 5.32 Å². The zero-order valence-corrected chi connectivity index (χ0v) is 13.2. The van der Waals surface area contributed by atoms with Gasteiger partial charge in [0.1, 0.15) is 0 Å². The standard InChI is InChI=1S/C13H12Cl2N2O2S/c1-3-19-12(18)9-6-20-13(16-9)17-11-8(14)5-4-7(2)10(11)15/h4-6H,3H2,1-2H3,(H,16,17). The van der Waals surface area contributed by atoms with Gasteiger partial charge in [0.15, 0.2) is 10.8 Å². The Morgan fingerprint density at radius 3 is 2.90 bits per heavy atom. The highest BCUT2D eigenvalue weighted by molar-refractivity contribution is 7.14. The van der Waals surface area contributed by atoms with Gasteiger partial charge in [-0.05, 0) is 25.5 Å². The van der Waals surface area contributed by atoms with Gasteiger partial charge in [-0.25, -0.2) is 9.78 Å². The van der Waals surface area contributed by atoms with Gasteiger partial charge in [-0.2, -0.15) is 0 Å². The van der Waals surface area contributed by atoms with Crippen LogP contribution in [0.25, 0.3) is 0 Å². The van der Waals surface area contributed by atoms with Crippen LogP contribution in [0.5, 0.6) is 0 Å². The van der Waals surface area contributed by atoms with E-state index in [1.807, 2.05) is 13.0 Å². The third kappa shape index (κ3) is 3.23. The van der Waals surface area contributed by atoms with Gasteiger partial charge < -0.3 is 10.1 Å². The summed E-state index contributed by atoms with van der Waals surface area (Å²) in [5.41, 5.74) is 1.75. The summed E-state index contributed by atoms with van der Waals surface area (Å²) >= 11 is 13.6. The summed E-state index contributed by atoms with van der Waals surface area (Å²) in [5.74, 6) is -0.446. The maximum Gasteiger partial charge on any atom is 0.357 e. The minimum atomic E-state index is -0.446. The predicted molar refractivity (Wildman–Crippen MR) is 82.6 cm³/mol. The monoisotopic (exact) mass is 330 g/mol. The molecule has 0 aliphatic heterocycles. The van der Waals surface area contributed by atoms with Crippen LogP contribution in [0.3, 0.4) is 0 Å². The number of anilines is 2. The first-order chi connectivity index (χ1) is 9.52. The summed E-state index contributed by atoms with van der Waals surface area (Å²) in [5, 5.41) is 6.21. The first-order valence-corrected chi connectivity index (χ1v) is 7.50. The molecule has 0 aliphatic carbocycles. The molecule has 0 bridgehead atoms. The van der Waals surface area contributed by atoms with Crippen molar-refractivity contribution in [3.63, 3.8) is 0 Å². The van der Waals surface area contributed by atoms with Crippen molar-refractivity contribution < 1.29 is 9.53 Å². The van der Waals surface area contributed by atoms with Crippen molar-refractivity contribution in [3.8, 4) is 0 Å². The van der Waals surface area contributed by atoms with Crippen molar-refractivity contribution in [1.29, 1.82) is 0 Å². The number of nitrogens with zero attached hydrogens (tertiary/aromatic N) is 1. The van der Waals surface area contributed by atoms with Gasteiger partial charge >= 0.3 is 5.97 Å². The topological polar surface area (TPSA) is 51.2 Å². The number of carbonyl (C=O) groups is 1. The van der Waals surface area contributed by atoms with Crippen LogP contribution in [0.15, 0.2) is 17.5 Å². The molecule has 0 radical (unpaired) electrons. The third-order valence-electron chi connectivity index (χ3n) is 2.50. The van der Waals surface area contributed by atoms with Gasteiger partial charge in [-0.3, -0.25) is 0 Å². The van der Waals surface area contributed by atoms with E-state index in [2.05, 4.69) is 10.3 Å². The number of benzene rings is 1. The van der Waals surface area contributed by atoms with Crippen molar-refractivity contribution in [2.45, 2.75) is 13.8 Å². The van der Waals surface area contributed by atoms with Crippen molar-refractivity contribution in [1.82, 2.24) is 4.98 Å². The Morgan fingerprint density at radius 1 is 1.45 bits per heavy atom. The molecule has 0 saturated heterocycles. The smallest absolute Gasteiger partial charge is 0.357 e. The fourth-order valence-corrected chi connectivity index (χ4v) is 2.66. The molecule has 1 N–H and O–H groups in total. The van der Waals surface area contributed by atoms with E-state index in [0.29, 0.717) is 27.5 Å². The minimum absolute atomic E-state index is 0.263. The summed E-state index contributed by atoms with van der Waals surface area (Å²) in [4.78, 5) is 15.7. The molecule has 1 heterocycles. The molecule has 20 heavy (non-hydrogen) atoms. The molecule has 0 aliphatic rings. The number of rotatable bonds is 4. The lowest BCUT2D eigenvalue weighted by molar-refractivity contribution is 0.0520. The Kier molecular flexibility index (Phi) is 4.86. The Morgan fingerprint density at radius 2 is 2.20 bits per heavy atom. The first-order valence-electron chi connectivity index (χ1n) is 5.87. The van der Waals surface area contributed by atoms with Gasteiger partial charge in [-0.1, -0.05) is 29.3 Å². The molecule has 0 spiro atoms. The van der Waals surface area contributed by atoms with Gasteiger partial charge in [0.2, 0.25) is 0 Å². The molecule has 2 aromatic rings. The molecule has 1 aromatic carbocycles. The highest BCUT2D eigenvalue weighted by atomic mass is 35.5. The van der Waals surface area contributed by atoms with Crippen molar-refractivity contribution in [3.05, 3.63) is 38.8 Å². The van der Waals surface area contributed by atoms with Crippen molar-refractivity contribution in [2.24, 2.45) is 0 Å². The van der Waals surface area contributed by atoms with Crippen LogP contribution in [0, 0.1) is 6.92 Å². The molecular formula is C13H12Cl2N2O2S. The Labute approximate surface area is 130 Å². The number of aryl methyl sites for hydroxylation is 1. The zero-order valence-electron chi connectivity index (χ0n) is 10.9. The van der Waals surface area contributed by atoms with Crippen LogP contribution in [0.4, 0.5) is 10.8 Å². The van der Waals surface area contributed by atoms with Gasteiger partial charge in [0, 0.05) is 5.38 Å². The number of ether oxygens (including phenoxy) is 1. The van der Waals surface area contributed by atoms with E-state index in [1.54, 1.807) is 18.4 Å². The number of hydrogen-bond donors (Lipinski definition) is 1. The molecule has 0 saturated carbocycles. The molecule has 1 aromatic heterocycles. The number of carbonyl (C=O) groups excluding carboxylic acids is 1. The van der Waals surface area contributed by atoms with Crippen LogP contribution >= 0.6 is 34.5 Å². The maximum absolute atomic E-state index is 11.5. The number of thiazole rings is 1. The first kappa shape index (κ1) is 15.1. The van der Waals surface area contributed by atoms with E-state index in [9.17, 15) is 4.79 Å². The second-order valence-electron chi connectivity index (χ2n) is 3.94. The van der Waals surface area contributed by atoms with Crippen LogP contribution in [-0.2, 0) is 4.74 Å². The summed E-state index contributed by atoms with van der Waals surface area (Å²) in [6, 6.07) is 3.59. The fraction of sp³-hybridized carbons (Fsp3) is 0.231. The quantitative estimate of drug-likeness (QED) is 0.827. The van der Waals surface area contributed by atoms with Crippen molar-refractivity contribution >= 4 is 51.3 Å². The van der Waals surface area contributed by atoms with Crippen LogP contribution in [-0.4, -0.2) is 17.6 Å². The highest BCUT2D eigenvalue weighted by Gasteiger charge is 2.14. The van der Waals surface area contributed by atoms with E-state index >= 15 is 0 Å². The molecule has 0 unspecified atom stereocenters. The van der Waals surface area contributed by atoms with E-state index in [4.69, 9.17) is 27.9 Å². The average Bonchev–Trinajstić information content (AvgIpc) is 2.88. The Balaban J connectivity index is 2.23. The van der Waals surface area contributed by atoms with Gasteiger partial charge in [0.25, 0.3) is 0 Å². The van der Waals surface area contributed by atoms with Crippen LogP contribution in [0.2, 0.25) is 10.0 Å². The normalized spacial score (nSPS) is 10.4. The summed E-state index contributed by atoms with van der Waals surface area (Å²) in [6.45, 7) is 3.94. The number of halogens is 2. The lowest BCUT2D eigenvalue weighted by Crippen LogP contribution is -2.05. The number of nitrogens with one attached hydrogen (secondary N) is 1. The lowest BCUT2D eigenvalue weighted by Gasteiger charge is -2.09. The molecule has 106 valence electrons. The Hall–Kier alpha value is -1.30. The lowest BCUT2D eigenvalue weighted by atomic mass is 10.2. The van der Waals surface area contributed by atoms with E-state index in [0.717, 1.165) is 5.56 Å². The number of aromatic nitrogens is 1. The van der Waals surface area contributed by atoms with Crippen molar-refractivity contribution in [2.75, 3.05) is 11.9 Å². The number of hydrogen-bond acceptors (Lipinski definition) is 5. The fourth-order valence-electron chi connectivity index (χ4n) is 1.51. The maximum atomic E-state index is 11.5. The predicted octanol–water partition coefficient (Wildman–Crippen LogP) is 4.68. The second kappa shape index (κ2) is 6.43.